The molecule has 1 nitrogen and oxygen atoms in total. The third-order valence-electron chi connectivity index (χ3n) is 2.43. The van der Waals surface area contributed by atoms with E-state index in [1.807, 2.05) is 12.3 Å². The Labute approximate surface area is 129 Å². The first-order valence-corrected chi connectivity index (χ1v) is 8.13. The van der Waals surface area contributed by atoms with Crippen molar-refractivity contribution in [1.82, 2.24) is 4.98 Å². The average Bonchev–Trinajstić information content (AvgIpc) is 2.26. The lowest BCUT2D eigenvalue weighted by atomic mass is 10.1. The van der Waals surface area contributed by atoms with E-state index in [4.69, 9.17) is 0 Å². The second-order valence-corrected chi connectivity index (χ2v) is 6.96. The number of hydrogen-bond donors (Lipinski definition) is 0. The summed E-state index contributed by atoms with van der Waals surface area (Å²) < 4.78 is 2.02. The van der Waals surface area contributed by atoms with E-state index in [0.717, 1.165) is 19.7 Å². The molecule has 2 rings (SSSR count). The Morgan fingerprint density at radius 3 is 2.33 bits per heavy atom. The van der Waals surface area contributed by atoms with Crippen molar-refractivity contribution in [2.24, 2.45) is 0 Å². The molecule has 1 aromatic carbocycles. The predicted octanol–water partition coefficient (Wildman–Crippen LogP) is 5.52. The smallest absolute Gasteiger partial charge is 0.111 e. The monoisotopic (exact) mass is 385 g/mol. The Balaban J connectivity index is 2.11. The van der Waals surface area contributed by atoms with Crippen LogP contribution in [0.1, 0.15) is 16.7 Å². The maximum absolute atomic E-state index is 4.41. The molecule has 0 radical (unpaired) electrons. The zero-order valence-corrected chi connectivity index (χ0v) is 14.2. The van der Waals surface area contributed by atoms with Gasteiger partial charge in [0.25, 0.3) is 0 Å². The highest BCUT2D eigenvalue weighted by Crippen LogP contribution is 2.30. The van der Waals surface area contributed by atoms with Gasteiger partial charge in [-0.15, -0.1) is 11.8 Å². The summed E-state index contributed by atoms with van der Waals surface area (Å²) in [5.74, 6) is 0.940. The molecule has 0 fully saturated rings. The molecule has 0 saturated carbocycles. The minimum atomic E-state index is 0.940. The van der Waals surface area contributed by atoms with Gasteiger partial charge in [-0.25, -0.2) is 4.98 Å². The van der Waals surface area contributed by atoms with Crippen molar-refractivity contribution in [2.75, 3.05) is 0 Å². The normalized spacial score (nSPS) is 10.7. The third kappa shape index (κ3) is 3.84. The molecule has 0 spiro atoms. The van der Waals surface area contributed by atoms with Gasteiger partial charge in [0.15, 0.2) is 0 Å². The van der Waals surface area contributed by atoms with E-state index >= 15 is 0 Å². The number of benzene rings is 1. The largest absolute Gasteiger partial charge is 0.248 e. The molecule has 18 heavy (non-hydrogen) atoms. The highest BCUT2D eigenvalue weighted by Gasteiger charge is 2.04. The topological polar surface area (TPSA) is 12.9 Å². The van der Waals surface area contributed by atoms with E-state index < -0.39 is 0 Å². The van der Waals surface area contributed by atoms with Crippen molar-refractivity contribution in [3.63, 3.8) is 0 Å². The van der Waals surface area contributed by atoms with E-state index in [2.05, 4.69) is 68.9 Å². The number of aryl methyl sites for hydroxylation is 2. The highest BCUT2D eigenvalue weighted by atomic mass is 79.9. The number of thioether (sulfide) groups is 1. The van der Waals surface area contributed by atoms with Crippen molar-refractivity contribution in [3.8, 4) is 0 Å². The van der Waals surface area contributed by atoms with Gasteiger partial charge in [0, 0.05) is 16.4 Å². The van der Waals surface area contributed by atoms with E-state index in [1.165, 1.54) is 16.7 Å². The zero-order valence-electron chi connectivity index (χ0n) is 10.2. The second kappa shape index (κ2) is 6.22. The van der Waals surface area contributed by atoms with Gasteiger partial charge in [-0.1, -0.05) is 29.3 Å². The summed E-state index contributed by atoms with van der Waals surface area (Å²) in [5.41, 5.74) is 3.97. The zero-order chi connectivity index (χ0) is 13.1. The van der Waals surface area contributed by atoms with Crippen molar-refractivity contribution in [3.05, 3.63) is 56.1 Å². The minimum absolute atomic E-state index is 0.940. The lowest BCUT2D eigenvalue weighted by Crippen LogP contribution is -1.87. The summed E-state index contributed by atoms with van der Waals surface area (Å²) >= 11 is 8.69. The molecule has 0 aliphatic rings. The first kappa shape index (κ1) is 14.1. The molecule has 1 aromatic heterocycles. The van der Waals surface area contributed by atoms with Crippen LogP contribution in [0.25, 0.3) is 0 Å². The van der Waals surface area contributed by atoms with Crippen molar-refractivity contribution in [2.45, 2.75) is 24.6 Å². The van der Waals surface area contributed by atoms with Crippen LogP contribution in [0.4, 0.5) is 0 Å². The quantitative estimate of drug-likeness (QED) is 0.644. The van der Waals surface area contributed by atoms with Crippen LogP contribution < -0.4 is 0 Å². The van der Waals surface area contributed by atoms with Gasteiger partial charge >= 0.3 is 0 Å². The number of rotatable bonds is 3. The number of aromatic nitrogens is 1. The molecule has 0 bridgehead atoms. The molecule has 94 valence electrons. The maximum atomic E-state index is 4.41. The number of halogens is 2. The Morgan fingerprint density at radius 1 is 1.06 bits per heavy atom. The molecule has 0 N–H and O–H groups in total. The Kier molecular flexibility index (Phi) is 4.87. The molecule has 4 heteroatoms. The van der Waals surface area contributed by atoms with Crippen LogP contribution in [-0.4, -0.2) is 4.98 Å². The summed E-state index contributed by atoms with van der Waals surface area (Å²) in [6.45, 7) is 4.27. The molecular weight excluding hydrogens is 374 g/mol. The Hall–Kier alpha value is -0.320. The first-order valence-electron chi connectivity index (χ1n) is 5.55. The van der Waals surface area contributed by atoms with Crippen molar-refractivity contribution >= 4 is 43.6 Å². The summed E-state index contributed by atoms with van der Waals surface area (Å²) in [7, 11) is 0. The average molecular weight is 387 g/mol. The molecule has 0 unspecified atom stereocenters. The fourth-order valence-corrected chi connectivity index (χ4v) is 3.94. The SMILES string of the molecule is Cc1cc(C)cc(CSc2ncc(Br)cc2Br)c1. The molecule has 0 saturated heterocycles. The molecule has 0 atom stereocenters. The Morgan fingerprint density at radius 2 is 1.72 bits per heavy atom. The van der Waals surface area contributed by atoms with E-state index in [1.54, 1.807) is 11.8 Å². The van der Waals surface area contributed by atoms with Gasteiger partial charge in [0.2, 0.25) is 0 Å². The highest BCUT2D eigenvalue weighted by molar-refractivity contribution is 9.11. The summed E-state index contributed by atoms with van der Waals surface area (Å²) in [4.78, 5) is 4.41. The summed E-state index contributed by atoms with van der Waals surface area (Å²) in [6, 6.07) is 8.68. The van der Waals surface area contributed by atoms with Crippen LogP contribution in [0.2, 0.25) is 0 Å². The predicted molar refractivity (Wildman–Crippen MR) is 85.1 cm³/mol. The van der Waals surface area contributed by atoms with Gasteiger partial charge in [-0.2, -0.15) is 0 Å². The first-order chi connectivity index (χ1) is 8.54. The fourth-order valence-electron chi connectivity index (χ4n) is 1.81. The minimum Gasteiger partial charge on any atom is -0.248 e. The van der Waals surface area contributed by atoms with Gasteiger partial charge in [-0.3, -0.25) is 0 Å². The Bertz CT molecular complexity index is 549. The molecule has 1 heterocycles. The van der Waals surface area contributed by atoms with Crippen LogP contribution in [0.3, 0.4) is 0 Å². The molecule has 0 aliphatic heterocycles. The summed E-state index contributed by atoms with van der Waals surface area (Å²) in [5, 5.41) is 1.03. The van der Waals surface area contributed by atoms with Gasteiger partial charge in [0.05, 0.1) is 4.47 Å². The van der Waals surface area contributed by atoms with Crippen molar-refractivity contribution < 1.29 is 0 Å². The molecular formula is C14H13Br2NS. The third-order valence-corrected chi connectivity index (χ3v) is 4.81. The van der Waals surface area contributed by atoms with Crippen molar-refractivity contribution in [1.29, 1.82) is 0 Å². The van der Waals surface area contributed by atoms with Crippen LogP contribution in [-0.2, 0) is 5.75 Å². The van der Waals surface area contributed by atoms with Gasteiger partial charge < -0.3 is 0 Å². The van der Waals surface area contributed by atoms with E-state index in [0.29, 0.717) is 0 Å². The molecule has 0 aliphatic carbocycles. The number of nitrogens with zero attached hydrogens (tertiary/aromatic N) is 1. The maximum Gasteiger partial charge on any atom is 0.111 e. The fraction of sp³-hybridized carbons (Fsp3) is 0.214. The van der Waals surface area contributed by atoms with Crippen LogP contribution >= 0.6 is 43.6 Å². The van der Waals surface area contributed by atoms with Crippen LogP contribution in [0, 0.1) is 13.8 Å². The lowest BCUT2D eigenvalue weighted by Gasteiger charge is -2.06. The lowest BCUT2D eigenvalue weighted by molar-refractivity contribution is 1.10. The van der Waals surface area contributed by atoms with Crippen LogP contribution in [0.15, 0.2) is 44.4 Å². The number of pyridine rings is 1. The second-order valence-electron chi connectivity index (χ2n) is 4.23. The molecule has 0 amide bonds. The molecule has 2 aromatic rings. The number of hydrogen-bond acceptors (Lipinski definition) is 2. The van der Waals surface area contributed by atoms with Gasteiger partial charge in [-0.05, 0) is 57.3 Å². The van der Waals surface area contributed by atoms with Crippen LogP contribution in [0.5, 0.6) is 0 Å². The van der Waals surface area contributed by atoms with E-state index in [9.17, 15) is 0 Å². The van der Waals surface area contributed by atoms with Gasteiger partial charge in [0.1, 0.15) is 5.03 Å². The summed E-state index contributed by atoms with van der Waals surface area (Å²) in [6.07, 6.45) is 1.83. The standard InChI is InChI=1S/C14H13Br2NS/c1-9-3-10(2)5-11(4-9)8-18-14-13(16)6-12(15)7-17-14/h3-7H,8H2,1-2H3. The van der Waals surface area contributed by atoms with E-state index in [-0.39, 0.29) is 0 Å².